The first kappa shape index (κ1) is 18.1. The van der Waals surface area contributed by atoms with Gasteiger partial charge in [0.15, 0.2) is 0 Å². The quantitative estimate of drug-likeness (QED) is 0.706. The van der Waals surface area contributed by atoms with Crippen LogP contribution in [0.5, 0.6) is 5.75 Å². The smallest absolute Gasteiger partial charge is 0.257 e. The number of nitrogens with one attached hydrogen (secondary N) is 2. The fraction of sp³-hybridized carbons (Fsp3) is 0.0952. The number of carbonyl (C=O) groups is 2. The van der Waals surface area contributed by atoms with Crippen molar-refractivity contribution in [3.05, 3.63) is 89.7 Å². The van der Waals surface area contributed by atoms with Gasteiger partial charge in [-0.3, -0.25) is 14.6 Å². The number of ether oxygens (including phenoxy) is 1. The molecule has 2 amide bonds. The third-order valence-electron chi connectivity index (χ3n) is 3.93. The van der Waals surface area contributed by atoms with Crippen molar-refractivity contribution in [3.8, 4) is 5.75 Å². The van der Waals surface area contributed by atoms with Gasteiger partial charge < -0.3 is 15.4 Å². The number of para-hydroxylation sites is 2. The molecule has 27 heavy (non-hydrogen) atoms. The third-order valence-corrected chi connectivity index (χ3v) is 3.93. The van der Waals surface area contributed by atoms with Crippen molar-refractivity contribution in [1.82, 2.24) is 10.3 Å². The van der Waals surface area contributed by atoms with Gasteiger partial charge in [-0.2, -0.15) is 0 Å². The van der Waals surface area contributed by atoms with Crippen molar-refractivity contribution in [3.63, 3.8) is 0 Å². The molecule has 0 aliphatic rings. The molecule has 0 aliphatic carbocycles. The molecule has 2 N–H and O–H groups in total. The monoisotopic (exact) mass is 361 g/mol. The standard InChI is InChI=1S/C21H19N3O3/c1-27-19-10-6-5-7-15(19)14-23-20(25)16-11-17(13-22-12-16)21(26)24-18-8-3-2-4-9-18/h2-13H,14H2,1H3,(H,23,25)(H,24,26). The van der Waals surface area contributed by atoms with Crippen molar-refractivity contribution in [2.45, 2.75) is 6.54 Å². The predicted octanol–water partition coefficient (Wildman–Crippen LogP) is 3.27. The highest BCUT2D eigenvalue weighted by Gasteiger charge is 2.12. The van der Waals surface area contributed by atoms with Crippen LogP contribution in [-0.2, 0) is 6.54 Å². The summed E-state index contributed by atoms with van der Waals surface area (Å²) in [6, 6.07) is 18.1. The van der Waals surface area contributed by atoms with Gasteiger partial charge in [0.1, 0.15) is 5.75 Å². The third kappa shape index (κ3) is 4.70. The van der Waals surface area contributed by atoms with E-state index < -0.39 is 0 Å². The van der Waals surface area contributed by atoms with Crippen molar-refractivity contribution < 1.29 is 14.3 Å². The zero-order valence-electron chi connectivity index (χ0n) is 14.8. The minimum absolute atomic E-state index is 0.309. The summed E-state index contributed by atoms with van der Waals surface area (Å²) >= 11 is 0. The van der Waals surface area contributed by atoms with Crippen LogP contribution in [0.1, 0.15) is 26.3 Å². The summed E-state index contributed by atoms with van der Waals surface area (Å²) < 4.78 is 5.27. The molecule has 0 fully saturated rings. The Labute approximate surface area is 157 Å². The molecule has 0 saturated heterocycles. The Bertz CT molecular complexity index is 942. The van der Waals surface area contributed by atoms with E-state index in [1.54, 1.807) is 19.2 Å². The van der Waals surface area contributed by atoms with Gasteiger partial charge in [0.25, 0.3) is 11.8 Å². The number of rotatable bonds is 6. The van der Waals surface area contributed by atoms with Crippen molar-refractivity contribution >= 4 is 17.5 Å². The van der Waals surface area contributed by atoms with Gasteiger partial charge in [0.05, 0.1) is 18.2 Å². The second-order valence-electron chi connectivity index (χ2n) is 5.78. The van der Waals surface area contributed by atoms with Crippen LogP contribution in [0.15, 0.2) is 73.1 Å². The summed E-state index contributed by atoms with van der Waals surface area (Å²) in [5.41, 5.74) is 2.15. The van der Waals surface area contributed by atoms with Gasteiger partial charge in [-0.15, -0.1) is 0 Å². The van der Waals surface area contributed by atoms with Gasteiger partial charge in [-0.1, -0.05) is 36.4 Å². The van der Waals surface area contributed by atoms with Crippen LogP contribution in [-0.4, -0.2) is 23.9 Å². The van der Waals surface area contributed by atoms with E-state index in [0.717, 1.165) is 5.56 Å². The molecule has 0 bridgehead atoms. The first-order valence-corrected chi connectivity index (χ1v) is 8.39. The number of anilines is 1. The molecule has 136 valence electrons. The second-order valence-corrected chi connectivity index (χ2v) is 5.78. The molecule has 3 rings (SSSR count). The first-order valence-electron chi connectivity index (χ1n) is 8.39. The van der Waals surface area contributed by atoms with Crippen molar-refractivity contribution in [2.75, 3.05) is 12.4 Å². The van der Waals surface area contributed by atoms with E-state index in [-0.39, 0.29) is 11.8 Å². The Morgan fingerprint density at radius 3 is 2.33 bits per heavy atom. The lowest BCUT2D eigenvalue weighted by Gasteiger charge is -2.10. The lowest BCUT2D eigenvalue weighted by molar-refractivity contribution is 0.0950. The highest BCUT2D eigenvalue weighted by Crippen LogP contribution is 2.17. The number of nitrogens with zero attached hydrogens (tertiary/aromatic N) is 1. The van der Waals surface area contributed by atoms with E-state index in [0.29, 0.717) is 29.1 Å². The van der Waals surface area contributed by atoms with Crippen LogP contribution in [0.2, 0.25) is 0 Å². The summed E-state index contributed by atoms with van der Waals surface area (Å²) in [5.74, 6) is 0.0581. The lowest BCUT2D eigenvalue weighted by atomic mass is 10.1. The highest BCUT2D eigenvalue weighted by atomic mass is 16.5. The summed E-state index contributed by atoms with van der Waals surface area (Å²) in [7, 11) is 1.58. The number of hydrogen-bond donors (Lipinski definition) is 2. The number of pyridine rings is 1. The average Bonchev–Trinajstić information content (AvgIpc) is 2.73. The van der Waals surface area contributed by atoms with Crippen molar-refractivity contribution in [1.29, 1.82) is 0 Å². The van der Waals surface area contributed by atoms with E-state index in [4.69, 9.17) is 4.74 Å². The van der Waals surface area contributed by atoms with Gasteiger partial charge >= 0.3 is 0 Å². The van der Waals surface area contributed by atoms with Crippen LogP contribution in [0.4, 0.5) is 5.69 Å². The fourth-order valence-corrected chi connectivity index (χ4v) is 2.54. The molecule has 0 unspecified atom stereocenters. The molecular weight excluding hydrogens is 342 g/mol. The van der Waals surface area contributed by atoms with Gasteiger partial charge in [-0.25, -0.2) is 0 Å². The van der Waals surface area contributed by atoms with E-state index in [1.165, 1.54) is 18.5 Å². The average molecular weight is 361 g/mol. The van der Waals surface area contributed by atoms with E-state index >= 15 is 0 Å². The minimum atomic E-state index is -0.326. The molecule has 0 spiro atoms. The molecule has 1 heterocycles. The number of methoxy groups -OCH3 is 1. The van der Waals surface area contributed by atoms with E-state index in [1.807, 2.05) is 42.5 Å². The normalized spacial score (nSPS) is 10.1. The van der Waals surface area contributed by atoms with Gasteiger partial charge in [0.2, 0.25) is 0 Å². The van der Waals surface area contributed by atoms with Gasteiger partial charge in [0, 0.05) is 30.2 Å². The lowest BCUT2D eigenvalue weighted by Crippen LogP contribution is -2.24. The summed E-state index contributed by atoms with van der Waals surface area (Å²) in [6.45, 7) is 0.309. The molecule has 2 aromatic carbocycles. The molecular formula is C21H19N3O3. The topological polar surface area (TPSA) is 80.3 Å². The zero-order valence-corrected chi connectivity index (χ0v) is 14.8. The largest absolute Gasteiger partial charge is 0.496 e. The van der Waals surface area contributed by atoms with E-state index in [9.17, 15) is 9.59 Å². The SMILES string of the molecule is COc1ccccc1CNC(=O)c1cncc(C(=O)Nc2ccccc2)c1. The first-order chi connectivity index (χ1) is 13.2. The molecule has 6 heteroatoms. The Kier molecular flexibility index (Phi) is 5.79. The Morgan fingerprint density at radius 2 is 1.59 bits per heavy atom. The summed E-state index contributed by atoms with van der Waals surface area (Å²) in [6.07, 6.45) is 2.85. The zero-order chi connectivity index (χ0) is 19.1. The van der Waals surface area contributed by atoms with Crippen LogP contribution in [0, 0.1) is 0 Å². The summed E-state index contributed by atoms with van der Waals surface area (Å²) in [4.78, 5) is 28.8. The highest BCUT2D eigenvalue weighted by molar-refractivity contribution is 6.05. The molecule has 6 nitrogen and oxygen atoms in total. The number of aromatic nitrogens is 1. The number of hydrogen-bond acceptors (Lipinski definition) is 4. The second kappa shape index (κ2) is 8.62. The maximum absolute atomic E-state index is 12.4. The minimum Gasteiger partial charge on any atom is -0.496 e. The van der Waals surface area contributed by atoms with Gasteiger partial charge in [-0.05, 0) is 24.3 Å². The van der Waals surface area contributed by atoms with E-state index in [2.05, 4.69) is 15.6 Å². The van der Waals surface area contributed by atoms with Crippen molar-refractivity contribution in [2.24, 2.45) is 0 Å². The molecule has 0 aliphatic heterocycles. The number of amides is 2. The Hall–Kier alpha value is -3.67. The molecule has 0 atom stereocenters. The number of benzene rings is 2. The molecule has 1 aromatic heterocycles. The Morgan fingerprint density at radius 1 is 0.926 bits per heavy atom. The predicted molar refractivity (Wildman–Crippen MR) is 103 cm³/mol. The van der Waals surface area contributed by atoms with Crippen LogP contribution >= 0.6 is 0 Å². The maximum Gasteiger partial charge on any atom is 0.257 e. The molecule has 3 aromatic rings. The fourth-order valence-electron chi connectivity index (χ4n) is 2.54. The molecule has 0 radical (unpaired) electrons. The van der Waals surface area contributed by atoms with Crippen LogP contribution in [0.3, 0.4) is 0 Å². The summed E-state index contributed by atoms with van der Waals surface area (Å²) in [5, 5.41) is 5.59. The Balaban J connectivity index is 1.67. The maximum atomic E-state index is 12.4. The van der Waals surface area contributed by atoms with Crippen LogP contribution < -0.4 is 15.4 Å². The number of carbonyl (C=O) groups excluding carboxylic acids is 2. The molecule has 0 saturated carbocycles. The van der Waals surface area contributed by atoms with Crippen LogP contribution in [0.25, 0.3) is 0 Å².